The fourth-order valence-electron chi connectivity index (χ4n) is 2.04. The third kappa shape index (κ3) is 4.03. The first-order valence-electron chi connectivity index (χ1n) is 7.09. The molecule has 0 radical (unpaired) electrons. The van der Waals surface area contributed by atoms with Gasteiger partial charge < -0.3 is 10.4 Å². The van der Waals surface area contributed by atoms with Crippen LogP contribution in [0.3, 0.4) is 0 Å². The first-order chi connectivity index (χ1) is 10.3. The number of aliphatic carboxylic acids is 1. The Morgan fingerprint density at radius 1 is 1.36 bits per heavy atom. The Morgan fingerprint density at radius 2 is 2.09 bits per heavy atom. The summed E-state index contributed by atoms with van der Waals surface area (Å²) in [5.74, 6) is -1.44. The molecule has 22 heavy (non-hydrogen) atoms. The van der Waals surface area contributed by atoms with Gasteiger partial charge in [-0.2, -0.15) is 0 Å². The molecule has 0 spiro atoms. The Bertz CT molecular complexity index is 687. The van der Waals surface area contributed by atoms with Gasteiger partial charge in [-0.05, 0) is 30.4 Å². The molecule has 0 aliphatic heterocycles. The van der Waals surface area contributed by atoms with Crippen molar-refractivity contribution in [1.29, 1.82) is 0 Å². The van der Waals surface area contributed by atoms with Gasteiger partial charge in [-0.1, -0.05) is 20.8 Å². The first kappa shape index (κ1) is 15.9. The summed E-state index contributed by atoms with van der Waals surface area (Å²) in [6.45, 7) is 6.11. The minimum atomic E-state index is -1.03. The number of nitrogens with one attached hydrogen (secondary N) is 1. The molecule has 0 saturated heterocycles. The van der Waals surface area contributed by atoms with Crippen LogP contribution in [0.1, 0.15) is 44.0 Å². The van der Waals surface area contributed by atoms with Gasteiger partial charge in [0.25, 0.3) is 5.91 Å². The number of carboxylic acids is 1. The van der Waals surface area contributed by atoms with Crippen molar-refractivity contribution in [3.63, 3.8) is 0 Å². The van der Waals surface area contributed by atoms with Gasteiger partial charge in [-0.3, -0.25) is 9.20 Å². The van der Waals surface area contributed by atoms with Gasteiger partial charge in [-0.15, -0.1) is 10.2 Å². The van der Waals surface area contributed by atoms with E-state index in [4.69, 9.17) is 0 Å². The molecule has 1 amide bonds. The second-order valence-electron chi connectivity index (χ2n) is 6.48. The molecule has 1 atom stereocenters. The summed E-state index contributed by atoms with van der Waals surface area (Å²) in [7, 11) is 0. The highest BCUT2D eigenvalue weighted by Gasteiger charge is 2.23. The SMILES string of the molecule is CC(C)(C)CCC(NC(=O)c1ccc2nncn2c1)C(=O)O. The van der Waals surface area contributed by atoms with E-state index in [0.29, 0.717) is 24.1 Å². The second kappa shape index (κ2) is 6.13. The van der Waals surface area contributed by atoms with Crippen molar-refractivity contribution < 1.29 is 14.7 Å². The van der Waals surface area contributed by atoms with Crippen LogP contribution in [-0.2, 0) is 4.79 Å². The van der Waals surface area contributed by atoms with Gasteiger partial charge >= 0.3 is 5.97 Å². The third-order valence-corrected chi connectivity index (χ3v) is 3.34. The Labute approximate surface area is 128 Å². The number of hydrogen-bond acceptors (Lipinski definition) is 4. The highest BCUT2D eigenvalue weighted by molar-refractivity contribution is 5.96. The zero-order valence-electron chi connectivity index (χ0n) is 12.9. The van der Waals surface area contributed by atoms with E-state index < -0.39 is 17.9 Å². The maximum Gasteiger partial charge on any atom is 0.326 e. The van der Waals surface area contributed by atoms with Gasteiger partial charge in [0.1, 0.15) is 12.4 Å². The number of carboxylic acid groups (broad SMARTS) is 1. The van der Waals surface area contributed by atoms with Crippen molar-refractivity contribution in [2.45, 2.75) is 39.7 Å². The van der Waals surface area contributed by atoms with Crippen molar-refractivity contribution in [1.82, 2.24) is 19.9 Å². The van der Waals surface area contributed by atoms with Crippen LogP contribution in [-0.4, -0.2) is 37.6 Å². The molecule has 2 N–H and O–H groups in total. The van der Waals surface area contributed by atoms with Crippen LogP contribution in [0.15, 0.2) is 24.7 Å². The number of aromatic nitrogens is 3. The molecule has 0 aromatic carbocycles. The molecular formula is C15H20N4O3. The molecule has 0 bridgehead atoms. The topological polar surface area (TPSA) is 96.6 Å². The third-order valence-electron chi connectivity index (χ3n) is 3.34. The van der Waals surface area contributed by atoms with Gasteiger partial charge in [-0.25, -0.2) is 4.79 Å². The van der Waals surface area contributed by atoms with Crippen LogP contribution in [0.25, 0.3) is 5.65 Å². The fraction of sp³-hybridized carbons (Fsp3) is 0.467. The molecule has 2 heterocycles. The van der Waals surface area contributed by atoms with Crippen LogP contribution in [0, 0.1) is 5.41 Å². The molecule has 7 heteroatoms. The Balaban J connectivity index is 2.08. The van der Waals surface area contributed by atoms with E-state index in [1.807, 2.05) is 20.8 Å². The summed E-state index contributed by atoms with van der Waals surface area (Å²) >= 11 is 0. The lowest BCUT2D eigenvalue weighted by Gasteiger charge is -2.21. The van der Waals surface area contributed by atoms with E-state index in [0.717, 1.165) is 0 Å². The maximum absolute atomic E-state index is 12.2. The average Bonchev–Trinajstić information content (AvgIpc) is 2.88. The monoisotopic (exact) mass is 304 g/mol. The molecule has 118 valence electrons. The highest BCUT2D eigenvalue weighted by Crippen LogP contribution is 2.21. The van der Waals surface area contributed by atoms with Crippen LogP contribution >= 0.6 is 0 Å². The second-order valence-corrected chi connectivity index (χ2v) is 6.48. The van der Waals surface area contributed by atoms with E-state index in [2.05, 4.69) is 15.5 Å². The predicted molar refractivity (Wildman–Crippen MR) is 80.6 cm³/mol. The number of pyridine rings is 1. The summed E-state index contributed by atoms with van der Waals surface area (Å²) in [5, 5.41) is 19.4. The number of carbonyl (C=O) groups excluding carboxylic acids is 1. The van der Waals surface area contributed by atoms with Crippen LogP contribution < -0.4 is 5.32 Å². The Hall–Kier alpha value is -2.44. The molecule has 7 nitrogen and oxygen atoms in total. The molecular weight excluding hydrogens is 284 g/mol. The van der Waals surface area contributed by atoms with Crippen LogP contribution in [0.5, 0.6) is 0 Å². The minimum Gasteiger partial charge on any atom is -0.480 e. The molecule has 0 aliphatic carbocycles. The van der Waals surface area contributed by atoms with Crippen molar-refractivity contribution in [3.8, 4) is 0 Å². The number of amides is 1. The average molecular weight is 304 g/mol. The zero-order chi connectivity index (χ0) is 16.3. The van der Waals surface area contributed by atoms with Gasteiger partial charge in [0.2, 0.25) is 0 Å². The van der Waals surface area contributed by atoms with Crippen molar-refractivity contribution in [3.05, 3.63) is 30.2 Å². The van der Waals surface area contributed by atoms with Gasteiger partial charge in [0.05, 0.1) is 5.56 Å². The quantitative estimate of drug-likeness (QED) is 0.877. The summed E-state index contributed by atoms with van der Waals surface area (Å²) < 4.78 is 1.61. The molecule has 0 fully saturated rings. The van der Waals surface area contributed by atoms with E-state index in [1.54, 1.807) is 22.7 Å². The lowest BCUT2D eigenvalue weighted by Crippen LogP contribution is -2.41. The molecule has 2 rings (SSSR count). The van der Waals surface area contributed by atoms with Gasteiger partial charge in [0, 0.05) is 6.20 Å². The van der Waals surface area contributed by atoms with E-state index in [1.165, 1.54) is 6.33 Å². The normalized spacial score (nSPS) is 13.0. The maximum atomic E-state index is 12.2. The summed E-state index contributed by atoms with van der Waals surface area (Å²) in [6.07, 6.45) is 4.15. The summed E-state index contributed by atoms with van der Waals surface area (Å²) in [5.41, 5.74) is 1.01. The Morgan fingerprint density at radius 3 is 2.73 bits per heavy atom. The van der Waals surface area contributed by atoms with Crippen LogP contribution in [0.4, 0.5) is 0 Å². The van der Waals surface area contributed by atoms with Gasteiger partial charge in [0.15, 0.2) is 5.65 Å². The lowest BCUT2D eigenvalue weighted by atomic mass is 9.88. The van der Waals surface area contributed by atoms with Crippen LogP contribution in [0.2, 0.25) is 0 Å². The zero-order valence-corrected chi connectivity index (χ0v) is 12.9. The number of hydrogen-bond donors (Lipinski definition) is 2. The Kier molecular flexibility index (Phi) is 4.44. The highest BCUT2D eigenvalue weighted by atomic mass is 16.4. The molecule has 0 aliphatic rings. The van der Waals surface area contributed by atoms with Crippen molar-refractivity contribution >= 4 is 17.5 Å². The fourth-order valence-corrected chi connectivity index (χ4v) is 2.04. The number of nitrogens with zero attached hydrogens (tertiary/aromatic N) is 3. The number of carbonyl (C=O) groups is 2. The summed E-state index contributed by atoms with van der Waals surface area (Å²) in [4.78, 5) is 23.5. The first-order valence-corrected chi connectivity index (χ1v) is 7.09. The molecule has 0 saturated carbocycles. The number of rotatable bonds is 5. The van der Waals surface area contributed by atoms with Crippen molar-refractivity contribution in [2.24, 2.45) is 5.41 Å². The van der Waals surface area contributed by atoms with E-state index >= 15 is 0 Å². The van der Waals surface area contributed by atoms with E-state index in [9.17, 15) is 14.7 Å². The van der Waals surface area contributed by atoms with E-state index in [-0.39, 0.29) is 5.41 Å². The largest absolute Gasteiger partial charge is 0.480 e. The minimum absolute atomic E-state index is 0.0137. The molecule has 2 aromatic rings. The predicted octanol–water partition coefficient (Wildman–Crippen LogP) is 1.74. The lowest BCUT2D eigenvalue weighted by molar-refractivity contribution is -0.139. The number of fused-ring (bicyclic) bond motifs is 1. The van der Waals surface area contributed by atoms with Crippen molar-refractivity contribution in [2.75, 3.05) is 0 Å². The standard InChI is InChI=1S/C15H20N4O3/c1-15(2,3)7-6-11(14(21)22)17-13(20)10-4-5-12-18-16-9-19(12)8-10/h4-5,8-9,11H,6-7H2,1-3H3,(H,17,20)(H,21,22). The summed E-state index contributed by atoms with van der Waals surface area (Å²) in [6, 6.07) is 2.36. The smallest absolute Gasteiger partial charge is 0.326 e. The molecule has 2 aromatic heterocycles. The molecule has 1 unspecified atom stereocenters.